The fourth-order valence-corrected chi connectivity index (χ4v) is 3.26. The fraction of sp³-hybridized carbons (Fsp3) is 0.533. The van der Waals surface area contributed by atoms with E-state index in [0.29, 0.717) is 0 Å². The van der Waals surface area contributed by atoms with Crippen LogP contribution in [0.4, 0.5) is 0 Å². The number of aliphatic carboxylic acids is 1. The molecule has 0 bridgehead atoms. The second-order valence-electron chi connectivity index (χ2n) is 7.20. The van der Waals surface area contributed by atoms with Crippen molar-refractivity contribution in [3.63, 3.8) is 0 Å². The normalized spacial score (nSPS) is 21.3. The highest BCUT2D eigenvalue weighted by molar-refractivity contribution is 6.74. The van der Waals surface area contributed by atoms with Gasteiger partial charge in [0.25, 0.3) is 5.56 Å². The predicted octanol–water partition coefficient (Wildman–Crippen LogP) is 1.42. The first-order chi connectivity index (χ1) is 10.9. The van der Waals surface area contributed by atoms with Gasteiger partial charge in [0, 0.05) is 12.3 Å². The van der Waals surface area contributed by atoms with Crippen LogP contribution in [-0.4, -0.2) is 35.0 Å². The highest BCUT2D eigenvalue weighted by atomic mass is 28.4. The van der Waals surface area contributed by atoms with E-state index in [2.05, 4.69) is 25.8 Å². The van der Waals surface area contributed by atoms with E-state index in [1.54, 1.807) is 0 Å². The van der Waals surface area contributed by atoms with E-state index >= 15 is 0 Å². The monoisotopic (exact) mass is 354 g/mol. The van der Waals surface area contributed by atoms with Crippen LogP contribution in [0.1, 0.15) is 27.0 Å². The summed E-state index contributed by atoms with van der Waals surface area (Å²) in [4.78, 5) is 36.6. The molecule has 2 heterocycles. The molecule has 0 unspecified atom stereocenters. The van der Waals surface area contributed by atoms with Gasteiger partial charge < -0.3 is 14.3 Å². The molecule has 9 heteroatoms. The number of nitrogens with one attached hydrogen (secondary N) is 1. The molecule has 0 fully saturated rings. The Morgan fingerprint density at radius 3 is 2.50 bits per heavy atom. The number of hydrogen-bond donors (Lipinski definition) is 2. The van der Waals surface area contributed by atoms with Crippen LogP contribution in [0.5, 0.6) is 0 Å². The number of ether oxygens (including phenoxy) is 1. The fourth-order valence-electron chi connectivity index (χ4n) is 2.04. The maximum absolute atomic E-state index is 12.0. The van der Waals surface area contributed by atoms with Gasteiger partial charge in [0.15, 0.2) is 8.32 Å². The minimum Gasteiger partial charge on any atom is -0.475 e. The zero-order valence-corrected chi connectivity index (χ0v) is 15.3. The second kappa shape index (κ2) is 6.06. The largest absolute Gasteiger partial charge is 0.475 e. The second-order valence-corrected chi connectivity index (χ2v) is 12.0. The van der Waals surface area contributed by atoms with Crippen molar-refractivity contribution in [2.45, 2.75) is 51.2 Å². The number of carboxylic acid groups (broad SMARTS) is 1. The Balaban J connectivity index is 2.42. The molecule has 0 aliphatic carbocycles. The summed E-state index contributed by atoms with van der Waals surface area (Å²) in [6.45, 7) is 10.2. The van der Waals surface area contributed by atoms with Crippen molar-refractivity contribution in [2.75, 3.05) is 0 Å². The van der Waals surface area contributed by atoms with Gasteiger partial charge in [-0.05, 0) is 24.2 Å². The molecule has 1 aromatic heterocycles. The van der Waals surface area contributed by atoms with Crippen LogP contribution in [0.15, 0.2) is 33.7 Å². The van der Waals surface area contributed by atoms with Crippen molar-refractivity contribution in [1.29, 1.82) is 0 Å². The lowest BCUT2D eigenvalue weighted by atomic mass is 10.2. The van der Waals surface area contributed by atoms with Gasteiger partial charge in [-0.1, -0.05) is 20.8 Å². The Hall–Kier alpha value is -2.13. The molecule has 1 aliphatic rings. The first-order valence-electron chi connectivity index (χ1n) is 7.53. The summed E-state index contributed by atoms with van der Waals surface area (Å²) in [7, 11) is -2.24. The third kappa shape index (κ3) is 3.51. The molecular formula is C15H22N2O6Si. The number of aromatic amines is 1. The van der Waals surface area contributed by atoms with E-state index in [1.807, 2.05) is 13.1 Å². The molecule has 0 aromatic carbocycles. The smallest absolute Gasteiger partial charge is 0.371 e. The van der Waals surface area contributed by atoms with Gasteiger partial charge in [0.1, 0.15) is 6.10 Å². The van der Waals surface area contributed by atoms with Gasteiger partial charge >= 0.3 is 11.7 Å². The Morgan fingerprint density at radius 1 is 1.38 bits per heavy atom. The average molecular weight is 354 g/mol. The lowest BCUT2D eigenvalue weighted by molar-refractivity contribution is -0.138. The molecule has 24 heavy (non-hydrogen) atoms. The van der Waals surface area contributed by atoms with Crippen LogP contribution in [0.3, 0.4) is 0 Å². The Morgan fingerprint density at radius 2 is 2.00 bits per heavy atom. The highest BCUT2D eigenvalue weighted by Crippen LogP contribution is 2.40. The van der Waals surface area contributed by atoms with E-state index in [-0.39, 0.29) is 10.8 Å². The lowest BCUT2D eigenvalue weighted by Crippen LogP contribution is -2.46. The maximum Gasteiger partial charge on any atom is 0.371 e. The number of rotatable bonds is 4. The van der Waals surface area contributed by atoms with Crippen molar-refractivity contribution in [1.82, 2.24) is 9.55 Å². The van der Waals surface area contributed by atoms with E-state index in [4.69, 9.17) is 9.16 Å². The quantitative estimate of drug-likeness (QED) is 0.791. The zero-order chi connectivity index (χ0) is 18.3. The van der Waals surface area contributed by atoms with Gasteiger partial charge in [-0.15, -0.1) is 0 Å². The van der Waals surface area contributed by atoms with Gasteiger partial charge in [-0.3, -0.25) is 14.3 Å². The van der Waals surface area contributed by atoms with Crippen molar-refractivity contribution in [2.24, 2.45) is 0 Å². The lowest BCUT2D eigenvalue weighted by Gasteiger charge is -2.39. The Labute approximate surface area is 139 Å². The van der Waals surface area contributed by atoms with Gasteiger partial charge in [0.05, 0.1) is 0 Å². The van der Waals surface area contributed by atoms with Crippen molar-refractivity contribution in [3.05, 3.63) is 44.9 Å². The van der Waals surface area contributed by atoms with Crippen LogP contribution < -0.4 is 11.2 Å². The topological polar surface area (TPSA) is 111 Å². The third-order valence-electron chi connectivity index (χ3n) is 4.42. The molecule has 2 rings (SSSR count). The molecular weight excluding hydrogens is 332 g/mol. The Bertz CT molecular complexity index is 786. The van der Waals surface area contributed by atoms with Crippen LogP contribution >= 0.6 is 0 Å². The summed E-state index contributed by atoms with van der Waals surface area (Å²) >= 11 is 0. The van der Waals surface area contributed by atoms with Crippen LogP contribution in [0.2, 0.25) is 18.1 Å². The van der Waals surface area contributed by atoms with Crippen LogP contribution in [-0.2, 0) is 14.0 Å². The third-order valence-corrected chi connectivity index (χ3v) is 8.89. The summed E-state index contributed by atoms with van der Waals surface area (Å²) < 4.78 is 12.7. The molecule has 0 saturated carbocycles. The molecule has 1 aromatic rings. The van der Waals surface area contributed by atoms with E-state index < -0.39 is 37.9 Å². The highest BCUT2D eigenvalue weighted by Gasteiger charge is 2.44. The SMILES string of the molecule is CC(C)(C)[Si](C)(C)O[C@@H]1C=C(C(=O)O)O[C@H]1n1ccc(=O)[nH]c1=O. The van der Waals surface area contributed by atoms with Crippen molar-refractivity contribution in [3.8, 4) is 0 Å². The zero-order valence-electron chi connectivity index (χ0n) is 14.3. The predicted molar refractivity (Wildman–Crippen MR) is 89.2 cm³/mol. The summed E-state index contributed by atoms with van der Waals surface area (Å²) in [5.74, 6) is -1.51. The molecule has 0 amide bonds. The van der Waals surface area contributed by atoms with Gasteiger partial charge in [-0.25, -0.2) is 9.59 Å². The molecule has 0 spiro atoms. The molecule has 1 aliphatic heterocycles. The molecule has 2 atom stereocenters. The van der Waals surface area contributed by atoms with E-state index in [9.17, 15) is 19.5 Å². The van der Waals surface area contributed by atoms with E-state index in [0.717, 1.165) is 4.57 Å². The molecule has 0 radical (unpaired) electrons. The van der Waals surface area contributed by atoms with Crippen molar-refractivity contribution < 1.29 is 19.1 Å². The average Bonchev–Trinajstić information content (AvgIpc) is 2.80. The van der Waals surface area contributed by atoms with E-state index in [1.165, 1.54) is 18.3 Å². The minimum atomic E-state index is -2.24. The summed E-state index contributed by atoms with van der Waals surface area (Å²) in [6.07, 6.45) is 0.924. The first-order valence-corrected chi connectivity index (χ1v) is 10.4. The van der Waals surface area contributed by atoms with Gasteiger partial charge in [-0.2, -0.15) is 0 Å². The number of aromatic nitrogens is 2. The molecule has 0 saturated heterocycles. The van der Waals surface area contributed by atoms with Crippen molar-refractivity contribution >= 4 is 14.3 Å². The molecule has 132 valence electrons. The maximum atomic E-state index is 12.0. The van der Waals surface area contributed by atoms with Crippen LogP contribution in [0.25, 0.3) is 0 Å². The minimum absolute atomic E-state index is 0.104. The number of hydrogen-bond acceptors (Lipinski definition) is 5. The molecule has 8 nitrogen and oxygen atoms in total. The number of nitrogens with zero attached hydrogens (tertiary/aromatic N) is 1. The standard InChI is InChI=1S/C15H22N2O6Si/c1-15(2,3)24(4,5)23-9-8-10(13(19)20)22-12(9)17-7-6-11(18)16-14(17)21/h6-9,12H,1-5H3,(H,19,20)(H,16,18,21)/t9-,12-/m1/s1. The number of H-pyrrole nitrogens is 1. The summed E-state index contributed by atoms with van der Waals surface area (Å²) in [5, 5.41) is 9.08. The number of carboxylic acids is 1. The number of carbonyl (C=O) groups is 1. The first kappa shape index (κ1) is 18.2. The summed E-state index contributed by atoms with van der Waals surface area (Å²) in [5.41, 5.74) is -1.22. The van der Waals surface area contributed by atoms with Gasteiger partial charge in [0.2, 0.25) is 12.0 Å². The summed E-state index contributed by atoms with van der Waals surface area (Å²) in [6, 6.07) is 1.17. The van der Waals surface area contributed by atoms with Crippen LogP contribution in [0, 0.1) is 0 Å². The Kier molecular flexibility index (Phi) is 4.60. The molecule has 2 N–H and O–H groups in total.